The zero-order valence-corrected chi connectivity index (χ0v) is 8.06. The second kappa shape index (κ2) is 3.87. The van der Waals surface area contributed by atoms with Gasteiger partial charge in [0, 0.05) is 18.6 Å². The molecule has 76 valence electrons. The first-order chi connectivity index (χ1) is 7.25. The van der Waals surface area contributed by atoms with Crippen LogP contribution < -0.4 is 5.32 Å². The van der Waals surface area contributed by atoms with Gasteiger partial charge in [-0.15, -0.1) is 0 Å². The summed E-state index contributed by atoms with van der Waals surface area (Å²) >= 11 is 0. The molecule has 0 saturated heterocycles. The second-order valence-electron chi connectivity index (χ2n) is 2.93. The van der Waals surface area contributed by atoms with Gasteiger partial charge < -0.3 is 4.98 Å². The van der Waals surface area contributed by atoms with E-state index < -0.39 is 0 Å². The van der Waals surface area contributed by atoms with E-state index in [2.05, 4.69) is 25.3 Å². The lowest BCUT2D eigenvalue weighted by Gasteiger charge is -2.00. The molecule has 2 heterocycles. The Kier molecular flexibility index (Phi) is 2.40. The molecule has 0 atom stereocenters. The van der Waals surface area contributed by atoms with Gasteiger partial charge in [0.1, 0.15) is 5.69 Å². The van der Waals surface area contributed by atoms with Crippen molar-refractivity contribution in [2.24, 2.45) is 0 Å². The molecule has 0 fully saturated rings. The van der Waals surface area contributed by atoms with Crippen LogP contribution >= 0.6 is 0 Å². The molecule has 0 radical (unpaired) electrons. The zero-order valence-electron chi connectivity index (χ0n) is 8.06. The van der Waals surface area contributed by atoms with E-state index in [1.54, 1.807) is 19.3 Å². The molecule has 15 heavy (non-hydrogen) atoms. The van der Waals surface area contributed by atoms with Crippen LogP contribution in [0.15, 0.2) is 24.8 Å². The number of hydrogen-bond acceptors (Lipinski definition) is 4. The maximum absolute atomic E-state index is 11.5. The number of rotatable bonds is 2. The highest BCUT2D eigenvalue weighted by Gasteiger charge is 2.08. The molecule has 0 aromatic carbocycles. The number of imidazole rings is 1. The van der Waals surface area contributed by atoms with Crippen molar-refractivity contribution in [1.82, 2.24) is 19.9 Å². The van der Waals surface area contributed by atoms with Gasteiger partial charge in [-0.05, 0) is 6.92 Å². The summed E-state index contributed by atoms with van der Waals surface area (Å²) in [5.74, 6) is 0.0554. The van der Waals surface area contributed by atoms with Gasteiger partial charge in [-0.1, -0.05) is 0 Å². The van der Waals surface area contributed by atoms with Gasteiger partial charge in [-0.2, -0.15) is 0 Å². The second-order valence-corrected chi connectivity index (χ2v) is 2.93. The molecule has 0 unspecified atom stereocenters. The lowest BCUT2D eigenvalue weighted by Crippen LogP contribution is -2.14. The van der Waals surface area contributed by atoms with Crippen LogP contribution in [0.4, 0.5) is 5.95 Å². The first kappa shape index (κ1) is 9.32. The Hall–Kier alpha value is -2.24. The van der Waals surface area contributed by atoms with Crippen LogP contribution in [0.2, 0.25) is 0 Å². The average Bonchev–Trinajstić information content (AvgIpc) is 2.71. The number of aromatic amines is 1. The fraction of sp³-hybridized carbons (Fsp3) is 0.111. The van der Waals surface area contributed by atoms with E-state index in [4.69, 9.17) is 0 Å². The topological polar surface area (TPSA) is 83.6 Å². The van der Waals surface area contributed by atoms with Crippen LogP contribution in [0.25, 0.3) is 0 Å². The normalized spacial score (nSPS) is 9.93. The summed E-state index contributed by atoms with van der Waals surface area (Å²) in [6.07, 6.45) is 6.14. The maximum atomic E-state index is 11.5. The average molecular weight is 203 g/mol. The number of H-pyrrole nitrogens is 1. The third-order valence-electron chi connectivity index (χ3n) is 1.74. The minimum Gasteiger partial charge on any atom is -0.331 e. The Morgan fingerprint density at radius 3 is 2.80 bits per heavy atom. The summed E-state index contributed by atoms with van der Waals surface area (Å²) in [7, 11) is 0. The number of nitrogens with one attached hydrogen (secondary N) is 2. The van der Waals surface area contributed by atoms with E-state index in [9.17, 15) is 4.79 Å². The predicted molar refractivity (Wildman–Crippen MR) is 53.3 cm³/mol. The minimum atomic E-state index is -0.336. The van der Waals surface area contributed by atoms with Gasteiger partial charge in [-0.25, -0.2) is 9.97 Å². The van der Waals surface area contributed by atoms with Crippen LogP contribution in [-0.4, -0.2) is 25.8 Å². The first-order valence-corrected chi connectivity index (χ1v) is 4.35. The SMILES string of the molecule is Cc1cnc(C(=O)Nc2ncc[nH]2)cn1. The van der Waals surface area contributed by atoms with Crippen molar-refractivity contribution in [3.8, 4) is 0 Å². The number of carbonyl (C=O) groups excluding carboxylic acids is 1. The summed E-state index contributed by atoms with van der Waals surface area (Å²) < 4.78 is 0. The first-order valence-electron chi connectivity index (χ1n) is 4.35. The minimum absolute atomic E-state index is 0.261. The fourth-order valence-corrected chi connectivity index (χ4v) is 1.02. The number of amides is 1. The number of anilines is 1. The monoisotopic (exact) mass is 203 g/mol. The number of aryl methyl sites for hydroxylation is 1. The van der Waals surface area contributed by atoms with E-state index in [-0.39, 0.29) is 11.6 Å². The Balaban J connectivity index is 2.11. The van der Waals surface area contributed by atoms with Crippen molar-refractivity contribution in [3.63, 3.8) is 0 Å². The van der Waals surface area contributed by atoms with Crippen molar-refractivity contribution in [2.75, 3.05) is 5.32 Å². The third-order valence-corrected chi connectivity index (χ3v) is 1.74. The smallest absolute Gasteiger partial charge is 0.278 e. The van der Waals surface area contributed by atoms with E-state index >= 15 is 0 Å². The van der Waals surface area contributed by atoms with E-state index in [1.807, 2.05) is 0 Å². The Morgan fingerprint density at radius 1 is 1.33 bits per heavy atom. The molecule has 2 aromatic rings. The maximum Gasteiger partial charge on any atom is 0.278 e. The van der Waals surface area contributed by atoms with Crippen LogP contribution in [-0.2, 0) is 0 Å². The van der Waals surface area contributed by atoms with E-state index in [0.29, 0.717) is 5.95 Å². The van der Waals surface area contributed by atoms with Gasteiger partial charge in [0.05, 0.1) is 11.9 Å². The van der Waals surface area contributed by atoms with Crippen LogP contribution in [0.3, 0.4) is 0 Å². The molecule has 2 N–H and O–H groups in total. The van der Waals surface area contributed by atoms with Gasteiger partial charge in [0.25, 0.3) is 5.91 Å². The number of nitrogens with zero attached hydrogens (tertiary/aromatic N) is 3. The van der Waals surface area contributed by atoms with Crippen LogP contribution in [0.5, 0.6) is 0 Å². The summed E-state index contributed by atoms with van der Waals surface area (Å²) in [5.41, 5.74) is 1.03. The summed E-state index contributed by atoms with van der Waals surface area (Å²) in [6.45, 7) is 1.81. The van der Waals surface area contributed by atoms with Crippen molar-refractivity contribution in [1.29, 1.82) is 0 Å². The molecule has 0 saturated carbocycles. The molecule has 0 spiro atoms. The number of carbonyl (C=O) groups is 1. The summed E-state index contributed by atoms with van der Waals surface area (Å²) in [6, 6.07) is 0. The van der Waals surface area contributed by atoms with Crippen molar-refractivity contribution < 1.29 is 4.79 Å². The summed E-state index contributed by atoms with van der Waals surface area (Å²) in [5, 5.41) is 2.55. The Morgan fingerprint density at radius 2 is 2.20 bits per heavy atom. The molecule has 6 nitrogen and oxygen atoms in total. The van der Waals surface area contributed by atoms with Crippen molar-refractivity contribution >= 4 is 11.9 Å². The standard InChI is InChI=1S/C9H9N5O/c1-6-4-13-7(5-12-6)8(15)14-9-10-2-3-11-9/h2-5H,1H3,(H2,10,11,14,15). The van der Waals surface area contributed by atoms with E-state index in [1.165, 1.54) is 12.4 Å². The number of aromatic nitrogens is 4. The van der Waals surface area contributed by atoms with Gasteiger partial charge in [-0.3, -0.25) is 15.1 Å². The Bertz CT molecular complexity index is 448. The highest BCUT2D eigenvalue weighted by atomic mass is 16.2. The molecule has 0 aliphatic rings. The largest absolute Gasteiger partial charge is 0.331 e. The van der Waals surface area contributed by atoms with Gasteiger partial charge in [0.2, 0.25) is 5.95 Å². The highest BCUT2D eigenvalue weighted by Crippen LogP contribution is 2.00. The molecule has 0 bridgehead atoms. The lowest BCUT2D eigenvalue weighted by atomic mass is 10.4. The molecular formula is C9H9N5O. The van der Waals surface area contributed by atoms with Crippen molar-refractivity contribution in [2.45, 2.75) is 6.92 Å². The Labute approximate surface area is 85.8 Å². The van der Waals surface area contributed by atoms with Crippen molar-refractivity contribution in [3.05, 3.63) is 36.2 Å². The molecule has 1 amide bonds. The summed E-state index contributed by atoms with van der Waals surface area (Å²) in [4.78, 5) is 26.1. The fourth-order valence-electron chi connectivity index (χ4n) is 1.02. The third kappa shape index (κ3) is 2.16. The zero-order chi connectivity index (χ0) is 10.7. The predicted octanol–water partition coefficient (Wildman–Crippen LogP) is 0.760. The molecule has 2 aromatic heterocycles. The molecule has 0 aliphatic carbocycles. The van der Waals surface area contributed by atoms with Crippen LogP contribution in [0, 0.1) is 6.92 Å². The lowest BCUT2D eigenvalue weighted by molar-refractivity contribution is 0.102. The van der Waals surface area contributed by atoms with Gasteiger partial charge in [0.15, 0.2) is 0 Å². The number of hydrogen-bond donors (Lipinski definition) is 2. The highest BCUT2D eigenvalue weighted by molar-refractivity contribution is 6.01. The molecular weight excluding hydrogens is 194 g/mol. The van der Waals surface area contributed by atoms with E-state index in [0.717, 1.165) is 5.69 Å². The molecule has 2 rings (SSSR count). The quantitative estimate of drug-likeness (QED) is 0.754. The molecule has 0 aliphatic heterocycles. The van der Waals surface area contributed by atoms with Crippen LogP contribution in [0.1, 0.15) is 16.2 Å². The van der Waals surface area contributed by atoms with Gasteiger partial charge >= 0.3 is 0 Å². The molecule has 6 heteroatoms.